The lowest BCUT2D eigenvalue weighted by Gasteiger charge is -2.28. The molecule has 0 N–H and O–H groups in total. The van der Waals surface area contributed by atoms with Crippen molar-refractivity contribution in [1.29, 1.82) is 0 Å². The quantitative estimate of drug-likeness (QED) is 0.165. The minimum Gasteiger partial charge on any atom is -0.455 e. The molecule has 0 aliphatic carbocycles. The van der Waals surface area contributed by atoms with E-state index in [1.165, 1.54) is 0 Å². The highest BCUT2D eigenvalue weighted by Gasteiger charge is 2.19. The van der Waals surface area contributed by atoms with Crippen LogP contribution in [-0.4, -0.2) is 0 Å². The van der Waals surface area contributed by atoms with E-state index in [0.717, 1.165) is 71.8 Å². The lowest BCUT2D eigenvalue weighted by atomic mass is 9.97. The predicted molar refractivity (Wildman–Crippen MR) is 228 cm³/mol. The highest BCUT2D eigenvalue weighted by Crippen LogP contribution is 2.43. The van der Waals surface area contributed by atoms with Crippen molar-refractivity contribution in [1.82, 2.24) is 0 Å². The largest absolute Gasteiger partial charge is 0.455 e. The predicted octanol–water partition coefficient (Wildman–Crippen LogP) is 14.9. The maximum absolute atomic E-state index is 9.59. The summed E-state index contributed by atoms with van der Waals surface area (Å²) in [5.74, 6) is 0. The third-order valence-corrected chi connectivity index (χ3v) is 10.1. The maximum Gasteiger partial charge on any atom is 0.143 e. The van der Waals surface area contributed by atoms with Gasteiger partial charge in [-0.15, -0.1) is 0 Å². The third-order valence-electron chi connectivity index (χ3n) is 10.1. The maximum atomic E-state index is 9.59. The van der Waals surface area contributed by atoms with Gasteiger partial charge in [-0.3, -0.25) is 0 Å². The molecule has 0 saturated heterocycles. The molecule has 0 unspecified atom stereocenters. The first-order valence-electron chi connectivity index (χ1n) is 20.1. The van der Waals surface area contributed by atoms with Gasteiger partial charge in [0.15, 0.2) is 0 Å². The van der Waals surface area contributed by atoms with Crippen LogP contribution in [0.4, 0.5) is 17.1 Å². The van der Waals surface area contributed by atoms with Crippen LogP contribution in [0.2, 0.25) is 0 Å². The SMILES string of the molecule is [2H]c1c([2H])c(N(c2ccc(-c3cccc4oc5c6ccccc6ccc5c34)cc2)c2ccccc2-c2ccccc2)c([2H])c([2H])c1-c1cccc(-c2ccccc2)c1. The monoisotopic (exact) mass is 693 g/mol. The van der Waals surface area contributed by atoms with E-state index >= 15 is 0 Å². The van der Waals surface area contributed by atoms with E-state index in [4.69, 9.17) is 4.42 Å². The van der Waals surface area contributed by atoms with Crippen molar-refractivity contribution in [2.75, 3.05) is 4.90 Å². The Balaban J connectivity index is 1.15. The average Bonchev–Trinajstić information content (AvgIpc) is 3.68. The third kappa shape index (κ3) is 5.62. The Bertz CT molecular complexity index is 3130. The molecule has 10 rings (SSSR count). The van der Waals surface area contributed by atoms with Crippen molar-refractivity contribution >= 4 is 49.8 Å². The molecule has 254 valence electrons. The number of benzene rings is 9. The smallest absolute Gasteiger partial charge is 0.143 e. The number of hydrogen-bond acceptors (Lipinski definition) is 2. The fourth-order valence-corrected chi connectivity index (χ4v) is 7.55. The van der Waals surface area contributed by atoms with Crippen molar-refractivity contribution in [3.63, 3.8) is 0 Å². The zero-order chi connectivity index (χ0) is 39.3. The van der Waals surface area contributed by atoms with Crippen molar-refractivity contribution in [2.24, 2.45) is 0 Å². The number of anilines is 3. The summed E-state index contributed by atoms with van der Waals surface area (Å²) in [7, 11) is 0. The van der Waals surface area contributed by atoms with Crippen molar-refractivity contribution in [3.05, 3.63) is 212 Å². The van der Waals surface area contributed by atoms with Crippen LogP contribution in [0.1, 0.15) is 5.48 Å². The van der Waals surface area contributed by atoms with E-state index in [2.05, 4.69) is 42.5 Å². The molecule has 0 saturated carbocycles. The molecule has 2 heteroatoms. The van der Waals surface area contributed by atoms with Crippen molar-refractivity contribution in [3.8, 4) is 44.5 Å². The van der Waals surface area contributed by atoms with E-state index in [1.54, 1.807) is 0 Å². The molecule has 0 bridgehead atoms. The molecule has 1 heterocycles. The summed E-state index contributed by atoms with van der Waals surface area (Å²) >= 11 is 0. The van der Waals surface area contributed by atoms with Crippen LogP contribution in [-0.2, 0) is 0 Å². The van der Waals surface area contributed by atoms with E-state index in [9.17, 15) is 5.48 Å². The first kappa shape index (κ1) is 27.5. The Kier molecular flexibility index (Phi) is 6.84. The van der Waals surface area contributed by atoms with Gasteiger partial charge in [-0.2, -0.15) is 0 Å². The molecule has 1 aromatic heterocycles. The lowest BCUT2D eigenvalue weighted by molar-refractivity contribution is 0.673. The topological polar surface area (TPSA) is 16.4 Å². The Morgan fingerprint density at radius 1 is 0.389 bits per heavy atom. The molecule has 0 atom stereocenters. The summed E-state index contributed by atoms with van der Waals surface area (Å²) in [5.41, 5.74) is 9.97. The van der Waals surface area contributed by atoms with Gasteiger partial charge in [-0.05, 0) is 92.8 Å². The standard InChI is InChI=1S/C52H35NO/c1-3-13-36(14-4-1)41-18-11-19-42(35-41)37-25-30-43(31-26-37)53(49-23-10-9-20-45(49)38-15-5-2-6-16-38)44-32-27-40(28-33-44)46-22-12-24-50-51(46)48-34-29-39-17-7-8-21-47(39)52(48)54-50/h1-35H/i25D,26D,30D,31D. The Labute approximate surface area is 320 Å². The van der Waals surface area contributed by atoms with E-state index in [0.29, 0.717) is 11.3 Å². The van der Waals surface area contributed by atoms with Gasteiger partial charge in [0, 0.05) is 33.1 Å². The zero-order valence-electron chi connectivity index (χ0n) is 33.3. The number of hydrogen-bond donors (Lipinski definition) is 0. The van der Waals surface area contributed by atoms with Crippen molar-refractivity contribution in [2.45, 2.75) is 0 Å². The Morgan fingerprint density at radius 2 is 1.00 bits per heavy atom. The molecule has 9 aromatic carbocycles. The van der Waals surface area contributed by atoms with Crippen LogP contribution >= 0.6 is 0 Å². The number of furan rings is 1. The van der Waals surface area contributed by atoms with Crippen LogP contribution in [0.15, 0.2) is 217 Å². The fraction of sp³-hybridized carbons (Fsp3) is 0. The zero-order valence-corrected chi connectivity index (χ0v) is 29.3. The number of para-hydroxylation sites is 1. The van der Waals surface area contributed by atoms with Crippen LogP contribution in [0, 0.1) is 0 Å². The second-order valence-corrected chi connectivity index (χ2v) is 13.4. The Hall–Kier alpha value is -7.16. The number of rotatable bonds is 7. The normalized spacial score (nSPS) is 12.4. The van der Waals surface area contributed by atoms with Gasteiger partial charge in [-0.1, -0.05) is 164 Å². The minimum absolute atomic E-state index is 0.105. The molecule has 0 radical (unpaired) electrons. The number of nitrogens with zero attached hydrogens (tertiary/aromatic N) is 1. The first-order valence-corrected chi connectivity index (χ1v) is 18.1. The molecule has 0 aliphatic rings. The number of fused-ring (bicyclic) bond motifs is 5. The van der Waals surface area contributed by atoms with Gasteiger partial charge in [0.1, 0.15) is 11.2 Å². The lowest BCUT2D eigenvalue weighted by Crippen LogP contribution is -2.11. The van der Waals surface area contributed by atoms with Gasteiger partial charge in [0.2, 0.25) is 0 Å². The molecule has 0 fully saturated rings. The first-order chi connectivity index (χ1) is 28.5. The van der Waals surface area contributed by atoms with Gasteiger partial charge in [0.05, 0.1) is 11.2 Å². The Morgan fingerprint density at radius 3 is 1.80 bits per heavy atom. The van der Waals surface area contributed by atoms with Crippen LogP contribution in [0.25, 0.3) is 77.2 Å². The highest BCUT2D eigenvalue weighted by molar-refractivity contribution is 6.19. The van der Waals surface area contributed by atoms with Crippen LogP contribution in [0.3, 0.4) is 0 Å². The molecule has 54 heavy (non-hydrogen) atoms. The van der Waals surface area contributed by atoms with Gasteiger partial charge in [-0.25, -0.2) is 0 Å². The highest BCUT2D eigenvalue weighted by atomic mass is 16.3. The van der Waals surface area contributed by atoms with E-state index in [-0.39, 0.29) is 35.4 Å². The molecule has 0 aliphatic heterocycles. The van der Waals surface area contributed by atoms with Gasteiger partial charge in [0.25, 0.3) is 0 Å². The van der Waals surface area contributed by atoms with Crippen LogP contribution < -0.4 is 4.90 Å². The van der Waals surface area contributed by atoms with E-state index in [1.807, 2.05) is 150 Å². The summed E-state index contributed by atoms with van der Waals surface area (Å²) < 4.78 is 44.5. The summed E-state index contributed by atoms with van der Waals surface area (Å²) in [5, 5.41) is 4.28. The van der Waals surface area contributed by atoms with E-state index < -0.39 is 0 Å². The summed E-state index contributed by atoms with van der Waals surface area (Å²) in [4.78, 5) is 1.87. The summed E-state index contributed by atoms with van der Waals surface area (Å²) in [6.45, 7) is 0. The van der Waals surface area contributed by atoms with Crippen molar-refractivity contribution < 1.29 is 9.90 Å². The minimum atomic E-state index is -0.130. The summed E-state index contributed by atoms with van der Waals surface area (Å²) in [6.07, 6.45) is 0. The molecule has 0 amide bonds. The molecule has 0 spiro atoms. The second kappa shape index (κ2) is 13.4. The van der Waals surface area contributed by atoms with Gasteiger partial charge >= 0.3 is 0 Å². The average molecular weight is 694 g/mol. The van der Waals surface area contributed by atoms with Gasteiger partial charge < -0.3 is 9.32 Å². The molecular formula is C52H35NO. The molecule has 2 nitrogen and oxygen atoms in total. The fourth-order valence-electron chi connectivity index (χ4n) is 7.55. The second-order valence-electron chi connectivity index (χ2n) is 13.4. The summed E-state index contributed by atoms with van der Waals surface area (Å²) in [6, 6.07) is 61.9. The van der Waals surface area contributed by atoms with Crippen LogP contribution in [0.5, 0.6) is 0 Å². The molecular weight excluding hydrogens is 655 g/mol. The molecule has 10 aromatic rings.